The first-order valence-electron chi connectivity index (χ1n) is 3.85. The van der Waals surface area contributed by atoms with Gasteiger partial charge >= 0.3 is 0 Å². The minimum atomic E-state index is -0.317. The monoisotopic (exact) mass is 163 g/mol. The van der Waals surface area contributed by atoms with Gasteiger partial charge in [-0.25, -0.2) is 4.39 Å². The maximum atomic E-state index is 13.1. The summed E-state index contributed by atoms with van der Waals surface area (Å²) in [4.78, 5) is 3.65. The molecule has 1 atom stereocenters. The third-order valence-corrected chi connectivity index (χ3v) is 1.79. The molecule has 1 rings (SSSR count). The van der Waals surface area contributed by atoms with Gasteiger partial charge in [-0.3, -0.25) is 4.98 Å². The Hall–Kier alpha value is -1.36. The number of nitrogens with zero attached hydrogens (tertiary/aromatic N) is 1. The largest absolute Gasteiger partial charge is 0.262 e. The molecule has 1 nitrogen and oxygen atoms in total. The SMILES string of the molecule is C#CC(CC)c1ccncc1F. The Morgan fingerprint density at radius 1 is 1.75 bits per heavy atom. The molecule has 2 heteroatoms. The molecule has 0 aromatic carbocycles. The lowest BCUT2D eigenvalue weighted by Crippen LogP contribution is -1.97. The van der Waals surface area contributed by atoms with Crippen LogP contribution in [0.4, 0.5) is 4.39 Å². The van der Waals surface area contributed by atoms with Gasteiger partial charge in [0, 0.05) is 17.7 Å². The van der Waals surface area contributed by atoms with Crippen LogP contribution in [0.2, 0.25) is 0 Å². The second-order valence-electron chi connectivity index (χ2n) is 2.52. The fourth-order valence-corrected chi connectivity index (χ4v) is 1.10. The van der Waals surface area contributed by atoms with Crippen LogP contribution in [0.25, 0.3) is 0 Å². The summed E-state index contributed by atoms with van der Waals surface area (Å²) in [7, 11) is 0. The van der Waals surface area contributed by atoms with E-state index in [0.29, 0.717) is 5.56 Å². The zero-order valence-corrected chi connectivity index (χ0v) is 6.92. The second-order valence-corrected chi connectivity index (χ2v) is 2.52. The Labute approximate surface area is 71.6 Å². The Bertz CT molecular complexity index is 301. The van der Waals surface area contributed by atoms with E-state index in [1.54, 1.807) is 12.3 Å². The molecule has 12 heavy (non-hydrogen) atoms. The van der Waals surface area contributed by atoms with Crippen LogP contribution in [0.1, 0.15) is 24.8 Å². The van der Waals surface area contributed by atoms with Crippen molar-refractivity contribution in [2.24, 2.45) is 0 Å². The topological polar surface area (TPSA) is 12.9 Å². The molecule has 0 spiro atoms. The van der Waals surface area contributed by atoms with Crippen molar-refractivity contribution in [3.05, 3.63) is 29.8 Å². The molecule has 0 fully saturated rings. The first-order chi connectivity index (χ1) is 5.79. The van der Waals surface area contributed by atoms with Crippen molar-refractivity contribution in [2.75, 3.05) is 0 Å². The lowest BCUT2D eigenvalue weighted by molar-refractivity contribution is 0.592. The number of halogens is 1. The van der Waals surface area contributed by atoms with Gasteiger partial charge in [0.15, 0.2) is 0 Å². The predicted octanol–water partition coefficient (Wildman–Crippen LogP) is 2.35. The number of pyridine rings is 1. The smallest absolute Gasteiger partial charge is 0.145 e. The van der Waals surface area contributed by atoms with Crippen LogP contribution in [0.15, 0.2) is 18.5 Å². The molecule has 62 valence electrons. The Morgan fingerprint density at radius 3 is 3.00 bits per heavy atom. The van der Waals surface area contributed by atoms with Gasteiger partial charge in [-0.2, -0.15) is 0 Å². The van der Waals surface area contributed by atoms with Gasteiger partial charge in [-0.1, -0.05) is 12.8 Å². The lowest BCUT2D eigenvalue weighted by atomic mass is 9.98. The highest BCUT2D eigenvalue weighted by Gasteiger charge is 2.09. The number of rotatable bonds is 2. The first kappa shape index (κ1) is 8.73. The summed E-state index contributed by atoms with van der Waals surface area (Å²) < 4.78 is 13.1. The number of hydrogen-bond donors (Lipinski definition) is 0. The summed E-state index contributed by atoms with van der Waals surface area (Å²) >= 11 is 0. The molecule has 0 radical (unpaired) electrons. The van der Waals surface area contributed by atoms with Crippen molar-refractivity contribution >= 4 is 0 Å². The molecule has 1 aromatic rings. The van der Waals surface area contributed by atoms with Gasteiger partial charge in [0.2, 0.25) is 0 Å². The molecule has 0 aliphatic rings. The van der Waals surface area contributed by atoms with Crippen LogP contribution in [-0.4, -0.2) is 4.98 Å². The third-order valence-electron chi connectivity index (χ3n) is 1.79. The van der Waals surface area contributed by atoms with Crippen molar-refractivity contribution < 1.29 is 4.39 Å². The van der Waals surface area contributed by atoms with Gasteiger partial charge < -0.3 is 0 Å². The van der Waals surface area contributed by atoms with Crippen LogP contribution >= 0.6 is 0 Å². The zero-order chi connectivity index (χ0) is 8.97. The van der Waals surface area contributed by atoms with Crippen molar-refractivity contribution in [3.63, 3.8) is 0 Å². The van der Waals surface area contributed by atoms with Gasteiger partial charge in [0.05, 0.1) is 6.20 Å². The minimum Gasteiger partial charge on any atom is -0.262 e. The molecule has 0 saturated heterocycles. The lowest BCUT2D eigenvalue weighted by Gasteiger charge is -2.07. The van der Waals surface area contributed by atoms with Crippen LogP contribution in [-0.2, 0) is 0 Å². The van der Waals surface area contributed by atoms with E-state index in [-0.39, 0.29) is 11.7 Å². The molecule has 0 aliphatic carbocycles. The quantitative estimate of drug-likeness (QED) is 0.610. The molecular formula is C10H10FN. The predicted molar refractivity (Wildman–Crippen MR) is 46.1 cm³/mol. The Balaban J connectivity index is 3.02. The second kappa shape index (κ2) is 3.87. The first-order valence-corrected chi connectivity index (χ1v) is 3.85. The van der Waals surface area contributed by atoms with Crippen LogP contribution in [0.5, 0.6) is 0 Å². The van der Waals surface area contributed by atoms with Crippen molar-refractivity contribution in [1.82, 2.24) is 4.98 Å². The molecule has 1 unspecified atom stereocenters. The maximum Gasteiger partial charge on any atom is 0.145 e. The highest BCUT2D eigenvalue weighted by Crippen LogP contribution is 2.19. The van der Waals surface area contributed by atoms with Crippen molar-refractivity contribution in [1.29, 1.82) is 0 Å². The van der Waals surface area contributed by atoms with E-state index >= 15 is 0 Å². The highest BCUT2D eigenvalue weighted by atomic mass is 19.1. The molecule has 1 heterocycles. The van der Waals surface area contributed by atoms with Gasteiger partial charge in [-0.15, -0.1) is 6.42 Å². The zero-order valence-electron chi connectivity index (χ0n) is 6.92. The van der Waals surface area contributed by atoms with Crippen LogP contribution in [0.3, 0.4) is 0 Å². The normalized spacial score (nSPS) is 12.1. The van der Waals surface area contributed by atoms with Crippen molar-refractivity contribution in [3.8, 4) is 12.3 Å². The molecule has 0 amide bonds. The fraction of sp³-hybridized carbons (Fsp3) is 0.300. The standard InChI is InChI=1S/C10H10FN/c1-3-8(4-2)9-5-6-12-7-10(9)11/h1,5-8H,4H2,2H3. The average molecular weight is 163 g/mol. The van der Waals surface area contributed by atoms with E-state index in [4.69, 9.17) is 6.42 Å². The van der Waals surface area contributed by atoms with E-state index in [0.717, 1.165) is 6.42 Å². The summed E-state index contributed by atoms with van der Waals surface area (Å²) in [6.45, 7) is 1.93. The van der Waals surface area contributed by atoms with Crippen LogP contribution in [0, 0.1) is 18.2 Å². The summed E-state index contributed by atoms with van der Waals surface area (Å²) in [5.41, 5.74) is 0.565. The molecule has 0 saturated carbocycles. The van der Waals surface area contributed by atoms with Crippen molar-refractivity contribution in [2.45, 2.75) is 19.3 Å². The van der Waals surface area contributed by atoms with E-state index < -0.39 is 0 Å². The fourth-order valence-electron chi connectivity index (χ4n) is 1.10. The van der Waals surface area contributed by atoms with Crippen LogP contribution < -0.4 is 0 Å². The summed E-state index contributed by atoms with van der Waals surface area (Å²) in [6.07, 6.45) is 8.74. The summed E-state index contributed by atoms with van der Waals surface area (Å²) in [5.74, 6) is 2.09. The van der Waals surface area contributed by atoms with E-state index in [1.807, 2.05) is 6.92 Å². The molecule has 0 aliphatic heterocycles. The van der Waals surface area contributed by atoms with E-state index in [1.165, 1.54) is 6.20 Å². The van der Waals surface area contributed by atoms with Gasteiger partial charge in [-0.05, 0) is 12.5 Å². The van der Waals surface area contributed by atoms with E-state index in [2.05, 4.69) is 10.9 Å². The number of terminal acetylenes is 1. The number of aromatic nitrogens is 1. The maximum absolute atomic E-state index is 13.1. The summed E-state index contributed by atoms with van der Waals surface area (Å²) in [5, 5.41) is 0. The highest BCUT2D eigenvalue weighted by molar-refractivity contribution is 5.25. The van der Waals surface area contributed by atoms with Gasteiger partial charge in [0.1, 0.15) is 5.82 Å². The molecule has 0 N–H and O–H groups in total. The van der Waals surface area contributed by atoms with Gasteiger partial charge in [0.25, 0.3) is 0 Å². The molecule has 0 bridgehead atoms. The number of hydrogen-bond acceptors (Lipinski definition) is 1. The molecular weight excluding hydrogens is 153 g/mol. The summed E-state index contributed by atoms with van der Waals surface area (Å²) in [6, 6.07) is 1.63. The Morgan fingerprint density at radius 2 is 2.50 bits per heavy atom. The van der Waals surface area contributed by atoms with E-state index in [9.17, 15) is 4.39 Å². The Kier molecular flexibility index (Phi) is 2.82. The minimum absolute atomic E-state index is 0.131. The average Bonchev–Trinajstić information content (AvgIpc) is 2.10. The third kappa shape index (κ3) is 1.62. The molecule has 1 aromatic heterocycles.